The first-order valence-electron chi connectivity index (χ1n) is 8.28. The van der Waals surface area contributed by atoms with Crippen molar-refractivity contribution in [3.05, 3.63) is 86.9 Å². The van der Waals surface area contributed by atoms with Crippen LogP contribution in [0.15, 0.2) is 69.9 Å². The van der Waals surface area contributed by atoms with E-state index in [-0.39, 0.29) is 5.56 Å². The van der Waals surface area contributed by atoms with E-state index in [4.69, 9.17) is 4.42 Å². The topological polar surface area (TPSA) is 47.5 Å². The summed E-state index contributed by atoms with van der Waals surface area (Å²) >= 11 is 1.38. The Balaban J connectivity index is 1.63. The number of fused-ring (bicyclic) bond motifs is 3. The fourth-order valence-corrected chi connectivity index (χ4v) is 4.09. The van der Waals surface area contributed by atoms with Crippen LogP contribution in [0.5, 0.6) is 0 Å². The number of aromatic nitrogens is 2. The van der Waals surface area contributed by atoms with Crippen LogP contribution in [-0.4, -0.2) is 9.38 Å². The first-order valence-corrected chi connectivity index (χ1v) is 9.09. The van der Waals surface area contributed by atoms with Gasteiger partial charge in [-0.15, -0.1) is 0 Å². The van der Waals surface area contributed by atoms with E-state index in [0.29, 0.717) is 15.3 Å². The van der Waals surface area contributed by atoms with E-state index in [2.05, 4.69) is 24.0 Å². The van der Waals surface area contributed by atoms with Crippen molar-refractivity contribution in [2.45, 2.75) is 6.92 Å². The molecule has 0 atom stereocenters. The molecule has 0 spiro atoms. The number of furan rings is 1. The van der Waals surface area contributed by atoms with E-state index in [1.807, 2.05) is 48.5 Å². The average molecular weight is 358 g/mol. The van der Waals surface area contributed by atoms with Gasteiger partial charge in [0, 0.05) is 11.6 Å². The lowest BCUT2D eigenvalue weighted by molar-refractivity contribution is 0.571. The Morgan fingerprint density at radius 2 is 1.96 bits per heavy atom. The molecule has 0 saturated carbocycles. The second-order valence-electron chi connectivity index (χ2n) is 6.21. The maximum Gasteiger partial charge on any atom is 0.275 e. The van der Waals surface area contributed by atoms with Crippen molar-refractivity contribution in [2.75, 3.05) is 0 Å². The van der Waals surface area contributed by atoms with Crippen molar-refractivity contribution >= 4 is 33.4 Å². The zero-order chi connectivity index (χ0) is 17.7. The minimum absolute atomic E-state index is 0.0628. The molecule has 0 aliphatic rings. The molecule has 0 N–H and O–H groups in total. The van der Waals surface area contributed by atoms with Crippen LogP contribution in [0, 0.1) is 6.92 Å². The summed E-state index contributed by atoms with van der Waals surface area (Å²) in [6.07, 6.45) is 1.79. The highest BCUT2D eigenvalue weighted by Crippen LogP contribution is 2.23. The molecule has 0 unspecified atom stereocenters. The number of aryl methyl sites for hydroxylation is 1. The van der Waals surface area contributed by atoms with Gasteiger partial charge in [-0.3, -0.25) is 4.79 Å². The van der Waals surface area contributed by atoms with Crippen LogP contribution in [-0.2, 0) is 0 Å². The minimum Gasteiger partial charge on any atom is -0.457 e. The summed E-state index contributed by atoms with van der Waals surface area (Å²) in [6, 6.07) is 19.6. The van der Waals surface area contributed by atoms with Crippen LogP contribution >= 0.6 is 11.3 Å². The van der Waals surface area contributed by atoms with Gasteiger partial charge in [0.1, 0.15) is 16.1 Å². The summed E-state index contributed by atoms with van der Waals surface area (Å²) in [7, 11) is 0. The van der Waals surface area contributed by atoms with Gasteiger partial charge in [-0.25, -0.2) is 9.38 Å². The molecule has 5 rings (SSSR count). The highest BCUT2D eigenvalue weighted by atomic mass is 32.1. The summed E-state index contributed by atoms with van der Waals surface area (Å²) < 4.78 is 8.20. The number of hydrogen-bond donors (Lipinski definition) is 0. The van der Waals surface area contributed by atoms with Crippen LogP contribution in [0.2, 0.25) is 0 Å². The zero-order valence-electron chi connectivity index (χ0n) is 14.0. The van der Waals surface area contributed by atoms with Gasteiger partial charge in [0.05, 0.1) is 11.0 Å². The third-order valence-electron chi connectivity index (χ3n) is 4.35. The van der Waals surface area contributed by atoms with Crippen LogP contribution in [0.3, 0.4) is 0 Å². The first kappa shape index (κ1) is 15.1. The fourth-order valence-electron chi connectivity index (χ4n) is 3.13. The Morgan fingerprint density at radius 1 is 1.08 bits per heavy atom. The van der Waals surface area contributed by atoms with Crippen molar-refractivity contribution in [2.24, 2.45) is 0 Å². The third kappa shape index (κ3) is 2.36. The van der Waals surface area contributed by atoms with Crippen molar-refractivity contribution in [3.63, 3.8) is 0 Å². The smallest absolute Gasteiger partial charge is 0.275 e. The van der Waals surface area contributed by atoms with E-state index >= 15 is 0 Å². The van der Waals surface area contributed by atoms with E-state index < -0.39 is 0 Å². The molecule has 5 heteroatoms. The molecule has 4 nitrogen and oxygen atoms in total. The Hall–Kier alpha value is -3.18. The van der Waals surface area contributed by atoms with E-state index in [1.54, 1.807) is 10.5 Å². The molecule has 126 valence electrons. The lowest BCUT2D eigenvalue weighted by Gasteiger charge is -1.97. The molecule has 0 amide bonds. The molecule has 0 aliphatic carbocycles. The largest absolute Gasteiger partial charge is 0.457 e. The van der Waals surface area contributed by atoms with Crippen LogP contribution < -0.4 is 10.1 Å². The fraction of sp³-hybridized carbons (Fsp3) is 0.0476. The second-order valence-corrected chi connectivity index (χ2v) is 7.21. The average Bonchev–Trinajstić information content (AvgIpc) is 3.31. The van der Waals surface area contributed by atoms with Gasteiger partial charge in [-0.05, 0) is 37.3 Å². The van der Waals surface area contributed by atoms with Crippen molar-refractivity contribution in [1.29, 1.82) is 0 Å². The number of thiazole rings is 1. The highest BCUT2D eigenvalue weighted by Gasteiger charge is 2.11. The molecule has 26 heavy (non-hydrogen) atoms. The number of nitrogens with zero attached hydrogens (tertiary/aromatic N) is 2. The van der Waals surface area contributed by atoms with Crippen molar-refractivity contribution in [3.8, 4) is 11.3 Å². The summed E-state index contributed by atoms with van der Waals surface area (Å²) in [6.45, 7) is 2.05. The SMILES string of the molecule is Cc1cccc(-c2ccc(C=c3sc4nc5ccccc5n4c3=O)o2)c1. The molecule has 3 aromatic heterocycles. The van der Waals surface area contributed by atoms with Crippen molar-refractivity contribution in [1.82, 2.24) is 9.38 Å². The monoisotopic (exact) mass is 358 g/mol. The molecule has 0 aliphatic heterocycles. The molecular formula is C21H14N2O2S. The molecule has 3 heterocycles. The molecule has 0 saturated heterocycles. The molecule has 5 aromatic rings. The van der Waals surface area contributed by atoms with E-state index in [9.17, 15) is 4.79 Å². The third-order valence-corrected chi connectivity index (χ3v) is 5.32. The van der Waals surface area contributed by atoms with Crippen LogP contribution in [0.1, 0.15) is 11.3 Å². The highest BCUT2D eigenvalue weighted by molar-refractivity contribution is 7.15. The Labute approximate surface area is 152 Å². The van der Waals surface area contributed by atoms with Crippen LogP contribution in [0.4, 0.5) is 0 Å². The lowest BCUT2D eigenvalue weighted by atomic mass is 10.1. The predicted octanol–water partition coefficient (Wildman–Crippen LogP) is 4.03. The number of imidazole rings is 1. The molecule has 2 aromatic carbocycles. The van der Waals surface area contributed by atoms with Gasteiger partial charge < -0.3 is 4.42 Å². The summed E-state index contributed by atoms with van der Waals surface area (Å²) in [5.41, 5.74) is 3.81. The molecule has 0 radical (unpaired) electrons. The van der Waals surface area contributed by atoms with E-state index in [1.165, 1.54) is 16.9 Å². The van der Waals surface area contributed by atoms with Crippen LogP contribution in [0.25, 0.3) is 33.4 Å². The number of hydrogen-bond acceptors (Lipinski definition) is 4. The van der Waals surface area contributed by atoms with Gasteiger partial charge >= 0.3 is 0 Å². The van der Waals surface area contributed by atoms with Gasteiger partial charge in [-0.2, -0.15) is 0 Å². The summed E-state index contributed by atoms with van der Waals surface area (Å²) in [5, 5.41) is 0. The Bertz CT molecular complexity index is 1370. The molecule has 0 bridgehead atoms. The minimum atomic E-state index is -0.0628. The quantitative estimate of drug-likeness (QED) is 0.479. The summed E-state index contributed by atoms with van der Waals surface area (Å²) in [4.78, 5) is 18.0. The number of benzene rings is 2. The first-order chi connectivity index (χ1) is 12.7. The maximum absolute atomic E-state index is 12.8. The maximum atomic E-state index is 12.8. The summed E-state index contributed by atoms with van der Waals surface area (Å²) in [5.74, 6) is 1.45. The molecular weight excluding hydrogens is 344 g/mol. The van der Waals surface area contributed by atoms with Gasteiger partial charge in [0.2, 0.25) is 0 Å². The predicted molar refractivity (Wildman–Crippen MR) is 105 cm³/mol. The Morgan fingerprint density at radius 3 is 2.85 bits per heavy atom. The van der Waals surface area contributed by atoms with E-state index in [0.717, 1.165) is 22.4 Å². The van der Waals surface area contributed by atoms with Gasteiger partial charge in [0.25, 0.3) is 5.56 Å². The number of rotatable bonds is 2. The number of para-hydroxylation sites is 2. The normalized spacial score (nSPS) is 12.4. The standard InChI is InChI=1S/C21H14N2O2S/c1-13-5-4-6-14(11-13)18-10-9-15(25-18)12-19-20(24)23-17-8-3-2-7-16(17)22-21(23)26-19/h2-12H,1H3. The lowest BCUT2D eigenvalue weighted by Crippen LogP contribution is -2.22. The van der Waals surface area contributed by atoms with Crippen molar-refractivity contribution < 1.29 is 4.42 Å². The Kier molecular flexibility index (Phi) is 3.30. The zero-order valence-corrected chi connectivity index (χ0v) is 14.8. The second kappa shape index (κ2) is 5.68. The van der Waals surface area contributed by atoms with Gasteiger partial charge in [0.15, 0.2) is 4.96 Å². The molecule has 0 fully saturated rings. The van der Waals surface area contributed by atoms with Gasteiger partial charge in [-0.1, -0.05) is 47.2 Å².